The minimum Gasteiger partial charge on any atom is -0.496 e. The van der Waals surface area contributed by atoms with Crippen LogP contribution in [0.5, 0.6) is 5.75 Å². The average molecular weight is 404 g/mol. The quantitative estimate of drug-likeness (QED) is 0.328. The molecule has 0 spiro atoms. The molecule has 0 radical (unpaired) electrons. The molecule has 1 atom stereocenters. The van der Waals surface area contributed by atoms with Gasteiger partial charge in [0.25, 0.3) is 5.91 Å². The molecule has 1 amide bonds. The van der Waals surface area contributed by atoms with Crippen LogP contribution in [0.1, 0.15) is 87.9 Å². The van der Waals surface area contributed by atoms with E-state index in [9.17, 15) is 9.59 Å². The number of ether oxygens (including phenoxy) is 2. The molecular formula is C24H37NO4. The van der Waals surface area contributed by atoms with Crippen LogP contribution in [0.3, 0.4) is 0 Å². The normalized spacial score (nSPS) is 16.1. The Morgan fingerprint density at radius 1 is 1.00 bits per heavy atom. The van der Waals surface area contributed by atoms with Crippen LogP contribution in [0.4, 0.5) is 0 Å². The lowest BCUT2D eigenvalue weighted by molar-refractivity contribution is -0.148. The van der Waals surface area contributed by atoms with Gasteiger partial charge in [0.2, 0.25) is 0 Å². The summed E-state index contributed by atoms with van der Waals surface area (Å²) >= 11 is 0. The second-order valence-electron chi connectivity index (χ2n) is 7.85. The number of para-hydroxylation sites is 1. The minimum absolute atomic E-state index is 0.162. The topological polar surface area (TPSA) is 55.8 Å². The Morgan fingerprint density at radius 3 is 2.34 bits per heavy atom. The van der Waals surface area contributed by atoms with Crippen molar-refractivity contribution in [1.29, 1.82) is 0 Å². The van der Waals surface area contributed by atoms with E-state index >= 15 is 0 Å². The summed E-state index contributed by atoms with van der Waals surface area (Å²) in [5, 5.41) is 0. The van der Waals surface area contributed by atoms with Crippen molar-refractivity contribution in [2.75, 3.05) is 20.3 Å². The van der Waals surface area contributed by atoms with Gasteiger partial charge in [-0.05, 0) is 31.4 Å². The van der Waals surface area contributed by atoms with E-state index in [0.717, 1.165) is 19.3 Å². The van der Waals surface area contributed by atoms with E-state index in [2.05, 4.69) is 6.92 Å². The van der Waals surface area contributed by atoms with Crippen molar-refractivity contribution >= 4 is 11.9 Å². The number of likely N-dealkylation sites (tertiary alicyclic amines) is 1. The highest BCUT2D eigenvalue weighted by Gasteiger charge is 2.36. The number of hydrogen-bond acceptors (Lipinski definition) is 4. The maximum atomic E-state index is 12.9. The standard InChI is InChI=1S/C24H37NO4/c1-3-4-5-6-7-8-9-10-13-19-29-24(27)21-16-14-18-25(21)23(26)20-15-11-12-17-22(20)28-2/h11-12,15,17,21H,3-10,13-14,16,18-19H2,1-2H3. The number of amides is 1. The molecule has 1 aromatic rings. The third kappa shape index (κ3) is 7.37. The number of methoxy groups -OCH3 is 1. The fourth-order valence-corrected chi connectivity index (χ4v) is 3.91. The fraction of sp³-hybridized carbons (Fsp3) is 0.667. The van der Waals surface area contributed by atoms with Gasteiger partial charge in [0.05, 0.1) is 19.3 Å². The van der Waals surface area contributed by atoms with E-state index in [-0.39, 0.29) is 11.9 Å². The fourth-order valence-electron chi connectivity index (χ4n) is 3.91. The maximum absolute atomic E-state index is 12.9. The van der Waals surface area contributed by atoms with Gasteiger partial charge in [-0.2, -0.15) is 0 Å². The molecule has 1 fully saturated rings. The average Bonchev–Trinajstić information content (AvgIpc) is 3.24. The molecule has 5 heteroatoms. The molecule has 0 saturated carbocycles. The lowest BCUT2D eigenvalue weighted by atomic mass is 10.1. The summed E-state index contributed by atoms with van der Waals surface area (Å²) in [6.45, 7) is 3.26. The zero-order valence-electron chi connectivity index (χ0n) is 18.2. The SMILES string of the molecule is CCCCCCCCCCCOC(=O)C1CCCN1C(=O)c1ccccc1OC. The zero-order valence-corrected chi connectivity index (χ0v) is 18.2. The number of rotatable bonds is 13. The number of carbonyl (C=O) groups excluding carboxylic acids is 2. The molecule has 0 N–H and O–H groups in total. The Bertz CT molecular complexity index is 631. The first-order valence-electron chi connectivity index (χ1n) is 11.3. The van der Waals surface area contributed by atoms with Crippen LogP contribution in [0, 0.1) is 0 Å². The number of nitrogens with zero attached hydrogens (tertiary/aromatic N) is 1. The van der Waals surface area contributed by atoms with Gasteiger partial charge in [-0.1, -0.05) is 70.4 Å². The van der Waals surface area contributed by atoms with Crippen LogP contribution in [-0.2, 0) is 9.53 Å². The van der Waals surface area contributed by atoms with Crippen LogP contribution >= 0.6 is 0 Å². The molecule has 1 heterocycles. The van der Waals surface area contributed by atoms with E-state index in [1.54, 1.807) is 24.1 Å². The van der Waals surface area contributed by atoms with Crippen molar-refractivity contribution in [1.82, 2.24) is 4.90 Å². The summed E-state index contributed by atoms with van der Waals surface area (Å²) in [5.41, 5.74) is 0.494. The number of unbranched alkanes of at least 4 members (excludes halogenated alkanes) is 8. The van der Waals surface area contributed by atoms with E-state index in [1.807, 2.05) is 12.1 Å². The summed E-state index contributed by atoms with van der Waals surface area (Å²) in [4.78, 5) is 27.1. The molecule has 0 bridgehead atoms. The van der Waals surface area contributed by atoms with E-state index in [0.29, 0.717) is 30.9 Å². The van der Waals surface area contributed by atoms with E-state index < -0.39 is 6.04 Å². The lowest BCUT2D eigenvalue weighted by Gasteiger charge is -2.24. The molecule has 0 aliphatic carbocycles. The molecule has 2 rings (SSSR count). The largest absolute Gasteiger partial charge is 0.496 e. The molecule has 5 nitrogen and oxygen atoms in total. The second kappa shape index (κ2) is 13.2. The van der Waals surface area contributed by atoms with Crippen molar-refractivity contribution in [2.45, 2.75) is 83.6 Å². The Balaban J connectivity index is 1.70. The first-order chi connectivity index (χ1) is 14.2. The molecule has 1 saturated heterocycles. The Kier molecular flexibility index (Phi) is 10.6. The minimum atomic E-state index is -0.481. The highest BCUT2D eigenvalue weighted by Crippen LogP contribution is 2.25. The van der Waals surface area contributed by atoms with Gasteiger partial charge in [-0.25, -0.2) is 4.79 Å². The highest BCUT2D eigenvalue weighted by atomic mass is 16.5. The van der Waals surface area contributed by atoms with Crippen LogP contribution in [-0.4, -0.2) is 43.1 Å². The summed E-state index contributed by atoms with van der Waals surface area (Å²) in [5.74, 6) is 0.0986. The number of esters is 1. The van der Waals surface area contributed by atoms with Crippen LogP contribution in [0.15, 0.2) is 24.3 Å². The third-order valence-corrected chi connectivity index (χ3v) is 5.62. The van der Waals surface area contributed by atoms with Gasteiger partial charge in [-0.15, -0.1) is 0 Å². The number of carbonyl (C=O) groups is 2. The predicted octanol–water partition coefficient (Wildman–Crippen LogP) is 5.37. The number of benzene rings is 1. The van der Waals surface area contributed by atoms with Gasteiger partial charge < -0.3 is 14.4 Å². The van der Waals surface area contributed by atoms with E-state index in [4.69, 9.17) is 9.47 Å². The lowest BCUT2D eigenvalue weighted by Crippen LogP contribution is -2.41. The first kappa shape index (κ1) is 23.2. The van der Waals surface area contributed by atoms with Crippen LogP contribution in [0.25, 0.3) is 0 Å². The molecule has 1 aliphatic rings. The molecule has 1 unspecified atom stereocenters. The van der Waals surface area contributed by atoms with Gasteiger partial charge in [-0.3, -0.25) is 4.79 Å². The summed E-state index contributed by atoms with van der Waals surface area (Å²) < 4.78 is 10.8. The zero-order chi connectivity index (χ0) is 20.9. The molecular weight excluding hydrogens is 366 g/mol. The van der Waals surface area contributed by atoms with E-state index in [1.165, 1.54) is 44.9 Å². The smallest absolute Gasteiger partial charge is 0.328 e. The molecule has 1 aliphatic heterocycles. The van der Waals surface area contributed by atoms with Crippen LogP contribution in [0.2, 0.25) is 0 Å². The highest BCUT2D eigenvalue weighted by molar-refractivity contribution is 5.99. The van der Waals surface area contributed by atoms with Crippen molar-refractivity contribution in [3.63, 3.8) is 0 Å². The van der Waals surface area contributed by atoms with Crippen molar-refractivity contribution in [2.24, 2.45) is 0 Å². The summed E-state index contributed by atoms with van der Waals surface area (Å²) in [6, 6.07) is 6.66. The summed E-state index contributed by atoms with van der Waals surface area (Å²) in [7, 11) is 1.55. The van der Waals surface area contributed by atoms with Gasteiger partial charge in [0.15, 0.2) is 0 Å². The van der Waals surface area contributed by atoms with Crippen LogP contribution < -0.4 is 4.74 Å². The van der Waals surface area contributed by atoms with Crippen molar-refractivity contribution in [3.8, 4) is 5.75 Å². The molecule has 1 aromatic carbocycles. The second-order valence-corrected chi connectivity index (χ2v) is 7.85. The van der Waals surface area contributed by atoms with Gasteiger partial charge in [0, 0.05) is 6.54 Å². The Hall–Kier alpha value is -2.04. The molecule has 29 heavy (non-hydrogen) atoms. The van der Waals surface area contributed by atoms with Gasteiger partial charge >= 0.3 is 5.97 Å². The van der Waals surface area contributed by atoms with Gasteiger partial charge in [0.1, 0.15) is 11.8 Å². The summed E-state index contributed by atoms with van der Waals surface area (Å²) in [6.07, 6.45) is 12.6. The molecule has 162 valence electrons. The predicted molar refractivity (Wildman–Crippen MR) is 115 cm³/mol. The third-order valence-electron chi connectivity index (χ3n) is 5.62. The maximum Gasteiger partial charge on any atom is 0.328 e. The monoisotopic (exact) mass is 403 g/mol. The van der Waals surface area contributed by atoms with Crippen molar-refractivity contribution < 1.29 is 19.1 Å². The first-order valence-corrected chi connectivity index (χ1v) is 11.3. The number of hydrogen-bond donors (Lipinski definition) is 0. The molecule has 0 aromatic heterocycles. The van der Waals surface area contributed by atoms with Crippen molar-refractivity contribution in [3.05, 3.63) is 29.8 Å². The Morgan fingerprint density at radius 2 is 1.66 bits per heavy atom. The Labute approximate surface area is 175 Å².